The fraction of sp³-hybridized carbons (Fsp3) is 0.438. The van der Waals surface area contributed by atoms with Gasteiger partial charge in [0.2, 0.25) is 0 Å². The van der Waals surface area contributed by atoms with Crippen LogP contribution in [0.1, 0.15) is 24.2 Å². The molecule has 1 aliphatic carbocycles. The molecule has 112 valence electrons. The normalized spacial score (nSPS) is 14.4. The topological polar surface area (TPSA) is 39.1 Å². The van der Waals surface area contributed by atoms with E-state index in [1.807, 2.05) is 17.8 Å². The number of hydrogen-bond donors (Lipinski definition) is 1. The molecule has 1 N–H and O–H groups in total. The highest BCUT2D eigenvalue weighted by Crippen LogP contribution is 2.23. The van der Waals surface area contributed by atoms with Crippen LogP contribution in [0.2, 0.25) is 0 Å². The van der Waals surface area contributed by atoms with E-state index >= 15 is 0 Å². The van der Waals surface area contributed by atoms with Crippen LogP contribution in [0.5, 0.6) is 5.75 Å². The summed E-state index contributed by atoms with van der Waals surface area (Å²) in [6.07, 6.45) is 6.85. The van der Waals surface area contributed by atoms with E-state index < -0.39 is 0 Å². The molecule has 0 radical (unpaired) electrons. The van der Waals surface area contributed by atoms with E-state index in [0.717, 1.165) is 23.6 Å². The van der Waals surface area contributed by atoms with Gasteiger partial charge >= 0.3 is 0 Å². The van der Waals surface area contributed by atoms with Gasteiger partial charge in [-0.2, -0.15) is 0 Å². The molecule has 0 amide bonds. The molecule has 1 saturated carbocycles. The molecule has 1 aliphatic rings. The molecule has 2 aromatic rings. The standard InChI is InChI=1S/C16H20FN3O/c1-20-8-7-18-16(20)6-9-21-15-5-2-13(17)10-12(15)11-19-14-3-4-14/h2,5,7-8,10,14,19H,3-4,6,9,11H2,1H3. The van der Waals surface area contributed by atoms with Crippen LogP contribution < -0.4 is 10.1 Å². The Balaban J connectivity index is 1.59. The lowest BCUT2D eigenvalue weighted by molar-refractivity contribution is 0.312. The van der Waals surface area contributed by atoms with Crippen molar-refractivity contribution in [2.75, 3.05) is 6.61 Å². The Kier molecular flexibility index (Phi) is 4.20. The fourth-order valence-electron chi connectivity index (χ4n) is 2.26. The Hall–Kier alpha value is -1.88. The lowest BCUT2D eigenvalue weighted by Gasteiger charge is -2.12. The Morgan fingerprint density at radius 1 is 1.43 bits per heavy atom. The summed E-state index contributed by atoms with van der Waals surface area (Å²) in [5, 5.41) is 3.39. The first-order valence-corrected chi connectivity index (χ1v) is 7.33. The second-order valence-electron chi connectivity index (χ2n) is 5.46. The fourth-order valence-corrected chi connectivity index (χ4v) is 2.26. The van der Waals surface area contributed by atoms with Gasteiger partial charge in [0.15, 0.2) is 0 Å². The molecule has 3 rings (SSSR count). The molecule has 1 heterocycles. The number of benzene rings is 1. The third kappa shape index (κ3) is 3.82. The van der Waals surface area contributed by atoms with Crippen molar-refractivity contribution in [1.82, 2.24) is 14.9 Å². The second kappa shape index (κ2) is 6.26. The van der Waals surface area contributed by atoms with E-state index in [1.54, 1.807) is 18.3 Å². The molecule has 4 nitrogen and oxygen atoms in total. The summed E-state index contributed by atoms with van der Waals surface area (Å²) < 4.78 is 21.2. The first-order valence-electron chi connectivity index (χ1n) is 7.33. The van der Waals surface area contributed by atoms with Gasteiger partial charge in [-0.1, -0.05) is 0 Å². The summed E-state index contributed by atoms with van der Waals surface area (Å²) in [5.41, 5.74) is 0.877. The first-order chi connectivity index (χ1) is 10.2. The van der Waals surface area contributed by atoms with Crippen LogP contribution in [0.15, 0.2) is 30.6 Å². The van der Waals surface area contributed by atoms with Gasteiger partial charge in [-0.05, 0) is 31.0 Å². The number of aromatic nitrogens is 2. The number of hydrogen-bond acceptors (Lipinski definition) is 3. The van der Waals surface area contributed by atoms with E-state index in [4.69, 9.17) is 4.74 Å². The van der Waals surface area contributed by atoms with Gasteiger partial charge in [0.1, 0.15) is 17.4 Å². The first kappa shape index (κ1) is 14.1. The number of imidazole rings is 1. The van der Waals surface area contributed by atoms with Gasteiger partial charge in [-0.25, -0.2) is 9.37 Å². The van der Waals surface area contributed by atoms with Crippen LogP contribution in [-0.2, 0) is 20.0 Å². The summed E-state index contributed by atoms with van der Waals surface area (Å²) in [4.78, 5) is 4.26. The van der Waals surface area contributed by atoms with Crippen molar-refractivity contribution in [1.29, 1.82) is 0 Å². The highest BCUT2D eigenvalue weighted by atomic mass is 19.1. The number of nitrogens with zero attached hydrogens (tertiary/aromatic N) is 2. The van der Waals surface area contributed by atoms with E-state index in [2.05, 4.69) is 10.3 Å². The van der Waals surface area contributed by atoms with Crippen molar-refractivity contribution >= 4 is 0 Å². The van der Waals surface area contributed by atoms with Gasteiger partial charge in [0, 0.05) is 44.0 Å². The molecule has 5 heteroatoms. The van der Waals surface area contributed by atoms with Crippen LogP contribution in [-0.4, -0.2) is 22.2 Å². The minimum Gasteiger partial charge on any atom is -0.493 e. The average Bonchev–Trinajstić information content (AvgIpc) is 3.21. The molecule has 0 saturated heterocycles. The van der Waals surface area contributed by atoms with Gasteiger partial charge < -0.3 is 14.6 Å². The molecule has 1 aromatic heterocycles. The molecule has 21 heavy (non-hydrogen) atoms. The molecule has 1 aromatic carbocycles. The van der Waals surface area contributed by atoms with E-state index in [-0.39, 0.29) is 5.82 Å². The maximum atomic E-state index is 13.4. The lowest BCUT2D eigenvalue weighted by atomic mass is 10.2. The number of ether oxygens (including phenoxy) is 1. The van der Waals surface area contributed by atoms with Gasteiger partial charge in [-0.15, -0.1) is 0 Å². The van der Waals surface area contributed by atoms with Crippen molar-refractivity contribution in [3.63, 3.8) is 0 Å². The van der Waals surface area contributed by atoms with E-state index in [0.29, 0.717) is 19.2 Å². The molecular weight excluding hydrogens is 269 g/mol. The Labute approximate surface area is 124 Å². The molecule has 0 bridgehead atoms. The third-order valence-electron chi connectivity index (χ3n) is 3.69. The smallest absolute Gasteiger partial charge is 0.124 e. The highest BCUT2D eigenvalue weighted by molar-refractivity contribution is 5.34. The number of halogens is 1. The molecule has 1 fully saturated rings. The molecule has 0 unspecified atom stereocenters. The second-order valence-corrected chi connectivity index (χ2v) is 5.46. The summed E-state index contributed by atoms with van der Waals surface area (Å²) in [6.45, 7) is 1.19. The summed E-state index contributed by atoms with van der Waals surface area (Å²) >= 11 is 0. The van der Waals surface area contributed by atoms with Crippen molar-refractivity contribution in [2.24, 2.45) is 7.05 Å². The molecule has 0 atom stereocenters. The van der Waals surface area contributed by atoms with Crippen LogP contribution >= 0.6 is 0 Å². The number of nitrogens with one attached hydrogen (secondary N) is 1. The average molecular weight is 289 g/mol. The quantitative estimate of drug-likeness (QED) is 0.851. The van der Waals surface area contributed by atoms with Gasteiger partial charge in [-0.3, -0.25) is 0 Å². The highest BCUT2D eigenvalue weighted by Gasteiger charge is 2.20. The maximum Gasteiger partial charge on any atom is 0.124 e. The van der Waals surface area contributed by atoms with Gasteiger partial charge in [0.05, 0.1) is 6.61 Å². The zero-order valence-electron chi connectivity index (χ0n) is 12.2. The Morgan fingerprint density at radius 3 is 3.00 bits per heavy atom. The van der Waals surface area contributed by atoms with Crippen molar-refractivity contribution in [3.8, 4) is 5.75 Å². The summed E-state index contributed by atoms with van der Waals surface area (Å²) in [7, 11) is 1.96. The van der Waals surface area contributed by atoms with Gasteiger partial charge in [0.25, 0.3) is 0 Å². The minimum atomic E-state index is -0.223. The minimum absolute atomic E-state index is 0.223. The van der Waals surface area contributed by atoms with E-state index in [9.17, 15) is 4.39 Å². The number of rotatable bonds is 7. The predicted octanol–water partition coefficient (Wildman–Crippen LogP) is 2.43. The summed E-state index contributed by atoms with van der Waals surface area (Å²) in [6, 6.07) is 5.29. The van der Waals surface area contributed by atoms with Crippen LogP contribution in [0, 0.1) is 5.82 Å². The van der Waals surface area contributed by atoms with Crippen LogP contribution in [0.4, 0.5) is 4.39 Å². The number of aryl methyl sites for hydroxylation is 1. The monoisotopic (exact) mass is 289 g/mol. The molecular formula is C16H20FN3O. The predicted molar refractivity (Wildman–Crippen MR) is 78.7 cm³/mol. The third-order valence-corrected chi connectivity index (χ3v) is 3.69. The van der Waals surface area contributed by atoms with Crippen LogP contribution in [0.3, 0.4) is 0 Å². The van der Waals surface area contributed by atoms with Crippen LogP contribution in [0.25, 0.3) is 0 Å². The zero-order chi connectivity index (χ0) is 14.7. The molecule has 0 aliphatic heterocycles. The zero-order valence-corrected chi connectivity index (χ0v) is 12.2. The van der Waals surface area contributed by atoms with Crippen molar-refractivity contribution < 1.29 is 9.13 Å². The SMILES string of the molecule is Cn1ccnc1CCOc1ccc(F)cc1CNC1CC1. The largest absolute Gasteiger partial charge is 0.493 e. The lowest BCUT2D eigenvalue weighted by Crippen LogP contribution is -2.16. The van der Waals surface area contributed by atoms with E-state index in [1.165, 1.54) is 18.9 Å². The maximum absolute atomic E-state index is 13.4. The Morgan fingerprint density at radius 2 is 2.29 bits per heavy atom. The molecule has 0 spiro atoms. The Bertz CT molecular complexity index is 607. The van der Waals surface area contributed by atoms with Crippen molar-refractivity contribution in [3.05, 3.63) is 47.8 Å². The summed E-state index contributed by atoms with van der Waals surface area (Å²) in [5.74, 6) is 1.51. The van der Waals surface area contributed by atoms with Crippen molar-refractivity contribution in [2.45, 2.75) is 31.8 Å².